The second-order valence-corrected chi connectivity index (χ2v) is 11.6. The Morgan fingerprint density at radius 3 is 2.64 bits per heavy atom. The number of nitrogens with zero attached hydrogens (tertiary/aromatic N) is 5. The van der Waals surface area contributed by atoms with E-state index < -0.39 is 11.7 Å². The highest BCUT2D eigenvalue weighted by Gasteiger charge is 2.37. The molecule has 1 aromatic rings. The van der Waals surface area contributed by atoms with Crippen LogP contribution >= 0.6 is 11.6 Å². The van der Waals surface area contributed by atoms with Crippen molar-refractivity contribution in [1.29, 1.82) is 0 Å². The van der Waals surface area contributed by atoms with E-state index >= 15 is 4.39 Å². The van der Waals surface area contributed by atoms with Crippen LogP contribution in [-0.2, 0) is 16.1 Å². The molecular formula is C25H40ClFN6O3. The van der Waals surface area contributed by atoms with Crippen molar-refractivity contribution < 1.29 is 19.2 Å². The second-order valence-electron chi connectivity index (χ2n) is 11.3. The first-order valence-corrected chi connectivity index (χ1v) is 13.2. The van der Waals surface area contributed by atoms with Gasteiger partial charge < -0.3 is 15.1 Å². The largest absolute Gasteiger partial charge is 0.354 e. The Morgan fingerprint density at radius 2 is 2.00 bits per heavy atom. The molecule has 0 aromatic carbocycles. The minimum Gasteiger partial charge on any atom is -0.354 e. The molecule has 9 nitrogen and oxygen atoms in total. The highest BCUT2D eigenvalue weighted by atomic mass is 35.5. The lowest BCUT2D eigenvalue weighted by molar-refractivity contribution is -0.155. The summed E-state index contributed by atoms with van der Waals surface area (Å²) in [6.07, 6.45) is 6.06. The molecule has 202 valence electrons. The van der Waals surface area contributed by atoms with Crippen LogP contribution in [0.25, 0.3) is 0 Å². The van der Waals surface area contributed by atoms with Crippen molar-refractivity contribution >= 4 is 29.7 Å². The summed E-state index contributed by atoms with van der Waals surface area (Å²) in [5.74, 6) is -0.641. The fraction of sp³-hybridized carbons (Fsp3) is 0.760. The Labute approximate surface area is 218 Å². The van der Waals surface area contributed by atoms with E-state index in [1.165, 1.54) is 0 Å². The first-order valence-electron chi connectivity index (χ1n) is 12.8. The molecule has 1 saturated carbocycles. The highest BCUT2D eigenvalue weighted by molar-refractivity contribution is 6.28. The molecule has 2 amide bonds. The number of carbonyl (C=O) groups is 2. The quantitative estimate of drug-likeness (QED) is 0.186. The molecule has 1 aliphatic heterocycles. The number of rotatable bonds is 12. The standard InChI is InChI=1S/C25H40ClFN6O3/c1-25(2,15-31(3)4)19-9-10-32(14-19)22-21(27)20(29-24(26)30-22)12-28-23(35)18(13-33(36)16-34)11-17-7-5-6-8-17/h16-19,36H,5-15H2,1-4H3,(H,28,35)/t18-,19?/m1/s1. The number of hydrogen-bond acceptors (Lipinski definition) is 7. The topological polar surface area (TPSA) is 102 Å². The molecule has 2 aliphatic rings. The summed E-state index contributed by atoms with van der Waals surface area (Å²) in [5, 5.41) is 12.8. The number of amides is 2. The van der Waals surface area contributed by atoms with Crippen molar-refractivity contribution in [2.24, 2.45) is 23.2 Å². The summed E-state index contributed by atoms with van der Waals surface area (Å²) in [5.41, 5.74) is 0.0731. The molecule has 1 unspecified atom stereocenters. The molecule has 2 heterocycles. The lowest BCUT2D eigenvalue weighted by Crippen LogP contribution is -2.38. The number of carbonyl (C=O) groups excluding carboxylic acids is 2. The van der Waals surface area contributed by atoms with Crippen LogP contribution in [0.15, 0.2) is 0 Å². The smallest absolute Gasteiger partial charge is 0.233 e. The van der Waals surface area contributed by atoms with Gasteiger partial charge in [-0.15, -0.1) is 0 Å². The molecule has 2 fully saturated rings. The maximum absolute atomic E-state index is 15.5. The van der Waals surface area contributed by atoms with Crippen LogP contribution in [0.4, 0.5) is 10.2 Å². The van der Waals surface area contributed by atoms with Gasteiger partial charge in [-0.25, -0.2) is 14.4 Å². The summed E-state index contributed by atoms with van der Waals surface area (Å²) in [4.78, 5) is 36.2. The fourth-order valence-electron chi connectivity index (χ4n) is 5.81. The van der Waals surface area contributed by atoms with Gasteiger partial charge in [0.2, 0.25) is 17.6 Å². The van der Waals surface area contributed by atoms with Gasteiger partial charge in [-0.1, -0.05) is 39.5 Å². The van der Waals surface area contributed by atoms with Crippen LogP contribution < -0.4 is 10.2 Å². The number of hydrogen-bond donors (Lipinski definition) is 2. The Morgan fingerprint density at radius 1 is 1.31 bits per heavy atom. The maximum Gasteiger partial charge on any atom is 0.233 e. The number of nitrogens with one attached hydrogen (secondary N) is 1. The average Bonchev–Trinajstić information content (AvgIpc) is 3.50. The molecule has 36 heavy (non-hydrogen) atoms. The van der Waals surface area contributed by atoms with E-state index in [-0.39, 0.29) is 47.6 Å². The summed E-state index contributed by atoms with van der Waals surface area (Å²) >= 11 is 6.16. The van der Waals surface area contributed by atoms with Crippen molar-refractivity contribution in [1.82, 2.24) is 25.2 Å². The van der Waals surface area contributed by atoms with Crippen LogP contribution in [0.1, 0.15) is 58.1 Å². The summed E-state index contributed by atoms with van der Waals surface area (Å²) in [7, 11) is 4.10. The van der Waals surface area contributed by atoms with E-state index in [1.807, 2.05) is 19.0 Å². The van der Waals surface area contributed by atoms with Gasteiger partial charge in [0.25, 0.3) is 0 Å². The maximum atomic E-state index is 15.5. The Kier molecular flexibility index (Phi) is 9.88. The third-order valence-corrected chi connectivity index (χ3v) is 7.78. The highest BCUT2D eigenvalue weighted by Crippen LogP contribution is 2.37. The SMILES string of the molecule is CN(C)CC(C)(C)C1CCN(c2nc(Cl)nc(CNC(=O)[C@H](CC3CCCC3)CN(O)C=O)c2F)C1. The zero-order valence-electron chi connectivity index (χ0n) is 21.8. The number of hydroxylamine groups is 2. The average molecular weight is 527 g/mol. The van der Waals surface area contributed by atoms with Gasteiger partial charge in [-0.3, -0.25) is 14.8 Å². The third-order valence-electron chi connectivity index (χ3n) is 7.61. The van der Waals surface area contributed by atoms with E-state index in [9.17, 15) is 14.8 Å². The minimum atomic E-state index is -0.596. The van der Waals surface area contributed by atoms with Crippen LogP contribution in [0, 0.1) is 29.0 Å². The predicted molar refractivity (Wildman–Crippen MR) is 136 cm³/mol. The summed E-state index contributed by atoms with van der Waals surface area (Å²) < 4.78 is 15.5. The molecule has 2 N–H and O–H groups in total. The number of halogens is 2. The molecule has 3 rings (SSSR count). The van der Waals surface area contributed by atoms with Crippen LogP contribution in [-0.4, -0.2) is 77.7 Å². The minimum absolute atomic E-state index is 0.0187. The van der Waals surface area contributed by atoms with Crippen LogP contribution in [0.3, 0.4) is 0 Å². The van der Waals surface area contributed by atoms with Gasteiger partial charge in [0, 0.05) is 19.6 Å². The van der Waals surface area contributed by atoms with Gasteiger partial charge in [-0.2, -0.15) is 4.98 Å². The summed E-state index contributed by atoms with van der Waals surface area (Å²) in [6.45, 7) is 6.45. The van der Waals surface area contributed by atoms with E-state index in [4.69, 9.17) is 11.6 Å². The van der Waals surface area contributed by atoms with Gasteiger partial charge in [0.1, 0.15) is 5.69 Å². The van der Waals surface area contributed by atoms with Crippen molar-refractivity contribution in [3.63, 3.8) is 0 Å². The molecule has 0 bridgehead atoms. The molecule has 2 atom stereocenters. The zero-order valence-corrected chi connectivity index (χ0v) is 22.6. The van der Waals surface area contributed by atoms with Gasteiger partial charge >= 0.3 is 0 Å². The van der Waals surface area contributed by atoms with E-state index in [1.54, 1.807) is 0 Å². The Balaban J connectivity index is 1.68. The molecule has 0 spiro atoms. The third kappa shape index (κ3) is 7.49. The van der Waals surface area contributed by atoms with Gasteiger partial charge in [0.15, 0.2) is 11.6 Å². The number of aromatic nitrogens is 2. The molecule has 0 radical (unpaired) electrons. The Bertz CT molecular complexity index is 912. The molecule has 11 heteroatoms. The normalized spacial score (nSPS) is 19.7. The van der Waals surface area contributed by atoms with Crippen molar-refractivity contribution in [3.05, 3.63) is 16.8 Å². The zero-order chi connectivity index (χ0) is 26.5. The van der Waals surface area contributed by atoms with Gasteiger partial charge in [0.05, 0.1) is 19.0 Å². The first kappa shape index (κ1) is 28.5. The first-order chi connectivity index (χ1) is 17.0. The fourth-order valence-corrected chi connectivity index (χ4v) is 5.99. The van der Waals surface area contributed by atoms with Crippen LogP contribution in [0.2, 0.25) is 5.28 Å². The molecule has 1 aromatic heterocycles. The van der Waals surface area contributed by atoms with Crippen LogP contribution in [0.5, 0.6) is 0 Å². The second kappa shape index (κ2) is 12.5. The van der Waals surface area contributed by atoms with E-state index in [2.05, 4.69) is 34.0 Å². The van der Waals surface area contributed by atoms with E-state index in [0.717, 1.165) is 38.6 Å². The lowest BCUT2D eigenvalue weighted by Gasteiger charge is -2.34. The van der Waals surface area contributed by atoms with Crippen molar-refractivity contribution in [3.8, 4) is 0 Å². The summed E-state index contributed by atoms with van der Waals surface area (Å²) in [6, 6.07) is 0. The predicted octanol–water partition coefficient (Wildman–Crippen LogP) is 3.34. The van der Waals surface area contributed by atoms with Crippen molar-refractivity contribution in [2.45, 2.75) is 58.9 Å². The molecular weight excluding hydrogens is 487 g/mol. The Hall–Kier alpha value is -2.04. The van der Waals surface area contributed by atoms with Gasteiger partial charge in [-0.05, 0) is 55.8 Å². The van der Waals surface area contributed by atoms with E-state index in [0.29, 0.717) is 36.4 Å². The molecule has 1 aliphatic carbocycles. The van der Waals surface area contributed by atoms with Crippen molar-refractivity contribution in [2.75, 3.05) is 45.2 Å². The molecule has 1 saturated heterocycles. The lowest BCUT2D eigenvalue weighted by atomic mass is 9.78. The monoisotopic (exact) mass is 526 g/mol. The number of anilines is 1.